The molecule has 1 heterocycles. The van der Waals surface area contributed by atoms with E-state index in [-0.39, 0.29) is 48.8 Å². The topological polar surface area (TPSA) is 96.4 Å². The second kappa shape index (κ2) is 10.2. The maximum Gasteiger partial charge on any atom is 0.248 e. The van der Waals surface area contributed by atoms with Crippen molar-refractivity contribution in [3.8, 4) is 17.6 Å². The van der Waals surface area contributed by atoms with E-state index in [0.29, 0.717) is 11.5 Å². The highest BCUT2D eigenvalue weighted by atomic mass is 32.2. The highest BCUT2D eigenvalue weighted by Gasteiger charge is 2.38. The Labute approximate surface area is 190 Å². The first-order valence-corrected chi connectivity index (χ1v) is 12.3. The first-order chi connectivity index (χ1) is 15.2. The number of carbonyl (C=O) groups is 1. The lowest BCUT2D eigenvalue weighted by Gasteiger charge is -2.37. The molecule has 3 atom stereocenters. The second-order valence-corrected chi connectivity index (χ2v) is 10.5. The predicted molar refractivity (Wildman–Crippen MR) is 120 cm³/mol. The Hall–Kier alpha value is -2.12. The van der Waals surface area contributed by atoms with Gasteiger partial charge in [-0.15, -0.1) is 0 Å². The number of aliphatic hydroxyl groups excluding tert-OH is 1. The van der Waals surface area contributed by atoms with Crippen LogP contribution in [0.4, 0.5) is 0 Å². The average molecular weight is 465 g/mol. The number of likely N-dealkylation sites (N-methyl/N-ethyl adjacent to an activating group) is 1. The van der Waals surface area contributed by atoms with Gasteiger partial charge in [-0.2, -0.15) is 4.31 Å². The number of fused-ring (bicyclic) bond motifs is 1. The Morgan fingerprint density at radius 3 is 2.75 bits per heavy atom. The fourth-order valence-electron chi connectivity index (χ4n) is 3.54. The summed E-state index contributed by atoms with van der Waals surface area (Å²) in [6.07, 6.45) is 1.73. The van der Waals surface area contributed by atoms with Crippen LogP contribution in [-0.4, -0.2) is 81.2 Å². The molecular weight excluding hydrogens is 432 g/mol. The van der Waals surface area contributed by atoms with Crippen LogP contribution in [0.15, 0.2) is 23.1 Å². The van der Waals surface area contributed by atoms with Gasteiger partial charge >= 0.3 is 0 Å². The minimum atomic E-state index is -3.90. The predicted octanol–water partition coefficient (Wildman–Crippen LogP) is 1.32. The molecular formula is C23H32N2O6S. The van der Waals surface area contributed by atoms with Crippen molar-refractivity contribution in [1.29, 1.82) is 0 Å². The summed E-state index contributed by atoms with van der Waals surface area (Å²) in [5.74, 6) is 6.48. The summed E-state index contributed by atoms with van der Waals surface area (Å²) in [6.45, 7) is 3.63. The summed E-state index contributed by atoms with van der Waals surface area (Å²) in [5, 5.41) is 9.71. The quantitative estimate of drug-likeness (QED) is 0.638. The van der Waals surface area contributed by atoms with E-state index in [1.54, 1.807) is 26.1 Å². The van der Waals surface area contributed by atoms with Gasteiger partial charge in [0.1, 0.15) is 23.4 Å². The van der Waals surface area contributed by atoms with Crippen LogP contribution in [0.5, 0.6) is 5.75 Å². The van der Waals surface area contributed by atoms with Gasteiger partial charge in [0, 0.05) is 44.1 Å². The van der Waals surface area contributed by atoms with E-state index in [1.807, 2.05) is 6.92 Å². The van der Waals surface area contributed by atoms with E-state index in [2.05, 4.69) is 11.8 Å². The standard InChI is InChI=1S/C23H32N2O6S/c1-16-12-25(17(2)14-26)32(28,29)22-10-9-19(8-7-18-5-6-18)11-20(22)31-21(16)13-24(3)23(27)15-30-4/h9-11,16-18,21,26H,5-6,12-15H2,1-4H3/t16-,17+,21+/m1/s1. The minimum absolute atomic E-state index is 0.0394. The van der Waals surface area contributed by atoms with E-state index >= 15 is 0 Å². The monoisotopic (exact) mass is 464 g/mol. The molecule has 1 N–H and O–H groups in total. The number of ether oxygens (including phenoxy) is 2. The molecule has 0 spiro atoms. The molecule has 2 aliphatic rings. The summed E-state index contributed by atoms with van der Waals surface area (Å²) < 4.78 is 39.4. The van der Waals surface area contributed by atoms with Crippen molar-refractivity contribution in [1.82, 2.24) is 9.21 Å². The number of methoxy groups -OCH3 is 1. The van der Waals surface area contributed by atoms with Gasteiger partial charge in [-0.05, 0) is 38.0 Å². The highest BCUT2D eigenvalue weighted by Crippen LogP contribution is 2.34. The molecule has 1 aromatic carbocycles. The van der Waals surface area contributed by atoms with Crippen molar-refractivity contribution in [2.24, 2.45) is 11.8 Å². The maximum absolute atomic E-state index is 13.5. The maximum atomic E-state index is 13.5. The van der Waals surface area contributed by atoms with E-state index in [1.165, 1.54) is 22.4 Å². The van der Waals surface area contributed by atoms with E-state index in [0.717, 1.165) is 12.8 Å². The van der Waals surface area contributed by atoms with Crippen LogP contribution in [0.2, 0.25) is 0 Å². The molecule has 9 heteroatoms. The zero-order valence-corrected chi connectivity index (χ0v) is 19.9. The van der Waals surface area contributed by atoms with Crippen LogP contribution in [-0.2, 0) is 19.6 Å². The molecule has 0 saturated heterocycles. The lowest BCUT2D eigenvalue weighted by molar-refractivity contribution is -0.135. The van der Waals surface area contributed by atoms with Crippen LogP contribution in [0.3, 0.4) is 0 Å². The second-order valence-electron chi connectivity index (χ2n) is 8.65. The molecule has 8 nitrogen and oxygen atoms in total. The molecule has 0 radical (unpaired) electrons. The zero-order valence-electron chi connectivity index (χ0n) is 19.1. The normalized spacial score (nSPS) is 23.5. The highest BCUT2D eigenvalue weighted by molar-refractivity contribution is 7.89. The van der Waals surface area contributed by atoms with Crippen molar-refractivity contribution in [2.75, 3.05) is 40.5 Å². The number of rotatable bonds is 6. The third kappa shape index (κ3) is 5.62. The fraction of sp³-hybridized carbons (Fsp3) is 0.609. The number of benzene rings is 1. The fourth-order valence-corrected chi connectivity index (χ4v) is 5.37. The number of nitrogens with zero attached hydrogens (tertiary/aromatic N) is 2. The number of hydrogen-bond acceptors (Lipinski definition) is 6. The van der Waals surface area contributed by atoms with Crippen LogP contribution in [0.1, 0.15) is 32.3 Å². The van der Waals surface area contributed by atoms with Gasteiger partial charge in [0.25, 0.3) is 0 Å². The van der Waals surface area contributed by atoms with Gasteiger partial charge in [-0.3, -0.25) is 4.79 Å². The third-order valence-corrected chi connectivity index (χ3v) is 7.83. The van der Waals surface area contributed by atoms with Gasteiger partial charge < -0.3 is 19.5 Å². The SMILES string of the molecule is COCC(=O)N(C)C[C@@H]1Oc2cc(C#CC3CC3)ccc2S(=O)(=O)N([C@@H](C)CO)C[C@H]1C. The van der Waals surface area contributed by atoms with E-state index in [4.69, 9.17) is 9.47 Å². The molecule has 32 heavy (non-hydrogen) atoms. The molecule has 0 unspecified atom stereocenters. The van der Waals surface area contributed by atoms with Crippen molar-refractivity contribution >= 4 is 15.9 Å². The Balaban J connectivity index is 2.01. The number of carbonyl (C=O) groups excluding carboxylic acids is 1. The van der Waals surface area contributed by atoms with Gasteiger partial charge in [0.05, 0.1) is 13.2 Å². The number of hydrogen-bond donors (Lipinski definition) is 1. The minimum Gasteiger partial charge on any atom is -0.487 e. The first-order valence-electron chi connectivity index (χ1n) is 10.8. The van der Waals surface area contributed by atoms with Crippen molar-refractivity contribution in [2.45, 2.75) is 43.7 Å². The molecule has 1 aromatic rings. The van der Waals surface area contributed by atoms with Crippen LogP contribution in [0.25, 0.3) is 0 Å². The average Bonchev–Trinajstić information content (AvgIpc) is 3.58. The van der Waals surface area contributed by atoms with Crippen LogP contribution >= 0.6 is 0 Å². The molecule has 1 saturated carbocycles. The van der Waals surface area contributed by atoms with E-state index < -0.39 is 22.2 Å². The van der Waals surface area contributed by atoms with Crippen molar-refractivity contribution in [3.05, 3.63) is 23.8 Å². The molecule has 1 aliphatic carbocycles. The third-order valence-electron chi connectivity index (χ3n) is 5.81. The first kappa shape index (κ1) is 24.5. The van der Waals surface area contributed by atoms with Gasteiger partial charge in [-0.1, -0.05) is 18.8 Å². The van der Waals surface area contributed by atoms with Crippen molar-refractivity contribution < 1.29 is 27.8 Å². The lowest BCUT2D eigenvalue weighted by atomic mass is 10.0. The molecule has 0 bridgehead atoms. The summed E-state index contributed by atoms with van der Waals surface area (Å²) >= 11 is 0. The smallest absolute Gasteiger partial charge is 0.248 e. The zero-order chi connectivity index (χ0) is 23.5. The van der Waals surface area contributed by atoms with Crippen LogP contribution in [0, 0.1) is 23.7 Å². The summed E-state index contributed by atoms with van der Waals surface area (Å²) in [6, 6.07) is 4.26. The lowest BCUT2D eigenvalue weighted by Crippen LogP contribution is -2.50. The molecule has 0 aromatic heterocycles. The van der Waals surface area contributed by atoms with Crippen molar-refractivity contribution in [3.63, 3.8) is 0 Å². The van der Waals surface area contributed by atoms with Crippen LogP contribution < -0.4 is 4.74 Å². The molecule has 3 rings (SSSR count). The van der Waals surface area contributed by atoms with Gasteiger partial charge in [0.2, 0.25) is 15.9 Å². The van der Waals surface area contributed by atoms with E-state index in [9.17, 15) is 18.3 Å². The Morgan fingerprint density at radius 1 is 1.41 bits per heavy atom. The molecule has 176 valence electrons. The number of sulfonamides is 1. The Bertz CT molecular complexity index is 995. The summed E-state index contributed by atoms with van der Waals surface area (Å²) in [4.78, 5) is 13.8. The molecule has 1 aliphatic heterocycles. The largest absolute Gasteiger partial charge is 0.487 e. The van der Waals surface area contributed by atoms with Gasteiger partial charge in [0.15, 0.2) is 0 Å². The molecule has 1 amide bonds. The Morgan fingerprint density at radius 2 is 2.12 bits per heavy atom. The molecule has 1 fully saturated rings. The number of aliphatic hydroxyl groups is 1. The van der Waals surface area contributed by atoms with Gasteiger partial charge in [-0.25, -0.2) is 8.42 Å². The number of amides is 1. The Kier molecular flexibility index (Phi) is 7.83. The summed E-state index contributed by atoms with van der Waals surface area (Å²) in [5.41, 5.74) is 0.684. The summed E-state index contributed by atoms with van der Waals surface area (Å²) in [7, 11) is -0.775.